The Balaban J connectivity index is 1.35. The molecule has 27 heavy (non-hydrogen) atoms. The lowest BCUT2D eigenvalue weighted by atomic mass is 10.2. The van der Waals surface area contributed by atoms with Crippen LogP contribution in [-0.2, 0) is 4.79 Å². The normalized spacial score (nSPS) is 21.1. The van der Waals surface area contributed by atoms with Gasteiger partial charge in [0.1, 0.15) is 0 Å². The van der Waals surface area contributed by atoms with Gasteiger partial charge in [-0.25, -0.2) is 4.79 Å². The summed E-state index contributed by atoms with van der Waals surface area (Å²) in [5, 5.41) is 6.49. The first-order valence-electron chi connectivity index (χ1n) is 10.1. The number of nitrogens with one attached hydrogen (secondary N) is 3. The number of hydrogen-bond acceptors (Lipinski definition) is 2. The molecule has 2 saturated heterocycles. The van der Waals surface area contributed by atoms with Gasteiger partial charge >= 0.3 is 6.03 Å². The first kappa shape index (κ1) is 20.0. The van der Waals surface area contributed by atoms with Crippen LogP contribution in [0.5, 0.6) is 0 Å². The lowest BCUT2D eigenvalue weighted by Gasteiger charge is -2.18. The first-order valence-corrected chi connectivity index (χ1v) is 10.4. The number of hydrogen-bond donors (Lipinski definition) is 3. The van der Waals surface area contributed by atoms with E-state index in [0.717, 1.165) is 18.7 Å². The van der Waals surface area contributed by atoms with Gasteiger partial charge in [0.2, 0.25) is 5.91 Å². The third-order valence-corrected chi connectivity index (χ3v) is 5.65. The third-order valence-electron chi connectivity index (χ3n) is 5.40. The second-order valence-electron chi connectivity index (χ2n) is 7.55. The van der Waals surface area contributed by atoms with E-state index in [9.17, 15) is 9.59 Å². The fourth-order valence-corrected chi connectivity index (χ4v) is 4.06. The van der Waals surface area contributed by atoms with Crippen LogP contribution in [0, 0.1) is 0 Å². The number of carbonyl (C=O) groups is 2. The minimum Gasteiger partial charge on any atom is -0.338 e. The molecule has 0 aromatic heterocycles. The summed E-state index contributed by atoms with van der Waals surface area (Å²) < 4.78 is 0. The highest BCUT2D eigenvalue weighted by atomic mass is 35.5. The van der Waals surface area contributed by atoms with Gasteiger partial charge < -0.3 is 20.4 Å². The first-order chi connectivity index (χ1) is 13.1. The Labute approximate surface area is 166 Å². The van der Waals surface area contributed by atoms with Crippen molar-refractivity contribution in [1.29, 1.82) is 0 Å². The van der Waals surface area contributed by atoms with E-state index < -0.39 is 0 Å². The predicted octanol–water partition coefficient (Wildman–Crippen LogP) is 1.59. The largest absolute Gasteiger partial charge is 0.338 e. The summed E-state index contributed by atoms with van der Waals surface area (Å²) in [5.41, 5.74) is 0.814. The van der Waals surface area contributed by atoms with Gasteiger partial charge in [-0.05, 0) is 49.9 Å². The van der Waals surface area contributed by atoms with E-state index in [2.05, 4.69) is 10.6 Å². The molecule has 2 heterocycles. The van der Waals surface area contributed by atoms with Crippen LogP contribution in [0.1, 0.15) is 38.5 Å². The summed E-state index contributed by atoms with van der Waals surface area (Å²) >= 11 is 5.90. The molecule has 3 amide bonds. The van der Waals surface area contributed by atoms with Gasteiger partial charge in [-0.3, -0.25) is 4.79 Å². The maximum Gasteiger partial charge on any atom is 0.315 e. The van der Waals surface area contributed by atoms with E-state index in [1.807, 2.05) is 12.1 Å². The molecule has 1 atom stereocenters. The average Bonchev–Trinajstić information content (AvgIpc) is 2.84. The summed E-state index contributed by atoms with van der Waals surface area (Å²) in [6.45, 7) is 4.81. The lowest BCUT2D eigenvalue weighted by molar-refractivity contribution is -0.899. The highest BCUT2D eigenvalue weighted by molar-refractivity contribution is 6.30. The van der Waals surface area contributed by atoms with E-state index in [1.54, 1.807) is 21.9 Å². The standard InChI is InChI=1S/C20H29ClN4O2/c21-16-6-8-18(9-7-16)25-15-17(14-19(25)26)23-20(27)22-10-5-13-24-11-3-1-2-4-12-24/h6-9,17H,1-5,10-15H2,(H2,22,23,27)/p+1/t17-/m1/s1. The van der Waals surface area contributed by atoms with Gasteiger partial charge in [0.15, 0.2) is 0 Å². The van der Waals surface area contributed by atoms with Crippen LogP contribution in [0.15, 0.2) is 24.3 Å². The zero-order valence-corrected chi connectivity index (χ0v) is 16.6. The van der Waals surface area contributed by atoms with Gasteiger partial charge in [-0.15, -0.1) is 0 Å². The fourth-order valence-electron chi connectivity index (χ4n) is 3.93. The molecule has 0 unspecified atom stereocenters. The second kappa shape index (κ2) is 9.95. The summed E-state index contributed by atoms with van der Waals surface area (Å²) in [6, 6.07) is 6.84. The van der Waals surface area contributed by atoms with Crippen molar-refractivity contribution in [2.75, 3.05) is 37.6 Å². The molecule has 7 heteroatoms. The number of amides is 3. The van der Waals surface area contributed by atoms with Crippen LogP contribution in [0.3, 0.4) is 0 Å². The van der Waals surface area contributed by atoms with Gasteiger partial charge in [-0.1, -0.05) is 11.6 Å². The van der Waals surface area contributed by atoms with Crippen LogP contribution in [-0.4, -0.2) is 50.7 Å². The molecule has 2 aliphatic heterocycles. The van der Waals surface area contributed by atoms with E-state index >= 15 is 0 Å². The van der Waals surface area contributed by atoms with E-state index in [1.165, 1.54) is 38.8 Å². The van der Waals surface area contributed by atoms with Crippen molar-refractivity contribution >= 4 is 29.2 Å². The molecular formula is C20H30ClN4O2+. The topological polar surface area (TPSA) is 65.9 Å². The molecule has 6 nitrogen and oxygen atoms in total. The molecule has 1 aromatic rings. The zero-order chi connectivity index (χ0) is 19.1. The smallest absolute Gasteiger partial charge is 0.315 e. The molecule has 0 spiro atoms. The fraction of sp³-hybridized carbons (Fsp3) is 0.600. The summed E-state index contributed by atoms with van der Waals surface area (Å²) in [4.78, 5) is 27.7. The van der Waals surface area contributed by atoms with Crippen molar-refractivity contribution in [3.63, 3.8) is 0 Å². The van der Waals surface area contributed by atoms with Crippen molar-refractivity contribution in [3.05, 3.63) is 29.3 Å². The van der Waals surface area contributed by atoms with Gasteiger partial charge in [0, 0.05) is 36.6 Å². The summed E-state index contributed by atoms with van der Waals surface area (Å²) in [5.74, 6) is 0.0207. The number of likely N-dealkylation sites (tertiary alicyclic amines) is 1. The monoisotopic (exact) mass is 393 g/mol. The Morgan fingerprint density at radius 2 is 1.85 bits per heavy atom. The van der Waals surface area contributed by atoms with Crippen LogP contribution in [0.2, 0.25) is 5.02 Å². The Morgan fingerprint density at radius 1 is 1.15 bits per heavy atom. The molecule has 1 aromatic carbocycles. The van der Waals surface area contributed by atoms with Crippen LogP contribution in [0.4, 0.5) is 10.5 Å². The molecule has 3 rings (SSSR count). The minimum absolute atomic E-state index is 0.0207. The molecule has 0 bridgehead atoms. The maximum absolute atomic E-state index is 12.2. The third kappa shape index (κ3) is 6.11. The minimum atomic E-state index is -0.184. The van der Waals surface area contributed by atoms with Gasteiger partial charge in [-0.2, -0.15) is 0 Å². The van der Waals surface area contributed by atoms with Crippen LogP contribution < -0.4 is 20.4 Å². The highest BCUT2D eigenvalue weighted by Gasteiger charge is 2.31. The Morgan fingerprint density at radius 3 is 2.56 bits per heavy atom. The SMILES string of the molecule is O=C(NCCC[NH+]1CCCCCC1)N[C@@H]1CC(=O)N(c2ccc(Cl)cc2)C1. The number of rotatable bonds is 6. The molecule has 3 N–H and O–H groups in total. The van der Waals surface area contributed by atoms with Crippen molar-refractivity contribution < 1.29 is 14.5 Å². The van der Waals surface area contributed by atoms with Crippen molar-refractivity contribution in [2.24, 2.45) is 0 Å². The van der Waals surface area contributed by atoms with Crippen molar-refractivity contribution in [1.82, 2.24) is 10.6 Å². The number of benzene rings is 1. The molecule has 148 valence electrons. The Kier molecular flexibility index (Phi) is 7.35. The Bertz CT molecular complexity index is 629. The second-order valence-corrected chi connectivity index (χ2v) is 7.99. The number of nitrogens with zero attached hydrogens (tertiary/aromatic N) is 1. The quantitative estimate of drug-likeness (QED) is 0.642. The van der Waals surface area contributed by atoms with Gasteiger partial charge in [0.25, 0.3) is 0 Å². The predicted molar refractivity (Wildman–Crippen MR) is 107 cm³/mol. The van der Waals surface area contributed by atoms with Crippen molar-refractivity contribution in [3.8, 4) is 0 Å². The number of urea groups is 1. The number of quaternary nitrogens is 1. The molecule has 0 aliphatic carbocycles. The van der Waals surface area contributed by atoms with Gasteiger partial charge in [0.05, 0.1) is 25.7 Å². The molecule has 2 fully saturated rings. The molecule has 2 aliphatic rings. The number of carbonyl (C=O) groups excluding carboxylic acids is 2. The Hall–Kier alpha value is -1.79. The highest BCUT2D eigenvalue weighted by Crippen LogP contribution is 2.23. The number of halogens is 1. The van der Waals surface area contributed by atoms with E-state index in [0.29, 0.717) is 24.5 Å². The summed E-state index contributed by atoms with van der Waals surface area (Å²) in [6.07, 6.45) is 6.68. The maximum atomic E-state index is 12.2. The zero-order valence-electron chi connectivity index (χ0n) is 15.8. The lowest BCUT2D eigenvalue weighted by Crippen LogP contribution is -3.11. The summed E-state index contributed by atoms with van der Waals surface area (Å²) in [7, 11) is 0. The molecular weight excluding hydrogens is 364 g/mol. The van der Waals surface area contributed by atoms with Crippen LogP contribution in [0.25, 0.3) is 0 Å². The average molecular weight is 394 g/mol. The number of anilines is 1. The van der Waals surface area contributed by atoms with E-state index in [-0.39, 0.29) is 18.0 Å². The van der Waals surface area contributed by atoms with Crippen LogP contribution >= 0.6 is 11.6 Å². The van der Waals surface area contributed by atoms with Crippen molar-refractivity contribution in [2.45, 2.75) is 44.6 Å². The van der Waals surface area contributed by atoms with E-state index in [4.69, 9.17) is 11.6 Å². The molecule has 0 radical (unpaired) electrons. The molecule has 0 saturated carbocycles.